The van der Waals surface area contributed by atoms with E-state index in [9.17, 15) is 4.39 Å². The standard InChI is InChI=1S/C26H21BrFN3OS/c1-15-6-8-18(13-16(15)2)31-25(24(30-26(31)33)21-5-3-4-12-29-21)23-11-10-22(32-23)19-9-7-17(28)14-20(19)27/h3-14,24-25H,1-2H3,(H,30,33)/t24-,25+/m1/s1. The van der Waals surface area contributed by atoms with Crippen LogP contribution in [0.1, 0.15) is 34.7 Å². The Kier molecular flexibility index (Phi) is 5.76. The summed E-state index contributed by atoms with van der Waals surface area (Å²) in [5, 5.41) is 4.06. The zero-order chi connectivity index (χ0) is 23.1. The van der Waals surface area contributed by atoms with Gasteiger partial charge in [0, 0.05) is 21.9 Å². The number of thiocarbonyl (C=S) groups is 1. The zero-order valence-corrected chi connectivity index (χ0v) is 20.5. The van der Waals surface area contributed by atoms with Crippen molar-refractivity contribution in [2.45, 2.75) is 25.9 Å². The molecule has 2 aromatic heterocycles. The van der Waals surface area contributed by atoms with Crippen LogP contribution >= 0.6 is 28.1 Å². The van der Waals surface area contributed by atoms with Gasteiger partial charge in [0.05, 0.1) is 11.7 Å². The highest BCUT2D eigenvalue weighted by Crippen LogP contribution is 2.43. The molecular formula is C26H21BrFN3OS. The Morgan fingerprint density at radius 2 is 1.88 bits per heavy atom. The number of pyridine rings is 1. The van der Waals surface area contributed by atoms with Gasteiger partial charge in [-0.15, -0.1) is 0 Å². The molecule has 5 rings (SSSR count). The second kappa shape index (κ2) is 8.72. The molecule has 0 spiro atoms. The minimum absolute atomic E-state index is 0.198. The molecule has 1 aliphatic heterocycles. The molecule has 4 aromatic rings. The fraction of sp³-hybridized carbons (Fsp3) is 0.154. The Hall–Kier alpha value is -3.03. The minimum atomic E-state index is -0.307. The molecule has 7 heteroatoms. The van der Waals surface area contributed by atoms with Crippen LogP contribution < -0.4 is 10.2 Å². The first kappa shape index (κ1) is 21.8. The van der Waals surface area contributed by atoms with Gasteiger partial charge in [0.1, 0.15) is 23.4 Å². The van der Waals surface area contributed by atoms with Crippen molar-refractivity contribution in [3.05, 3.63) is 106 Å². The lowest BCUT2D eigenvalue weighted by Crippen LogP contribution is -2.29. The number of anilines is 1. The van der Waals surface area contributed by atoms with Crippen molar-refractivity contribution in [1.29, 1.82) is 0 Å². The summed E-state index contributed by atoms with van der Waals surface area (Å²) in [5.74, 6) is 1.08. The fourth-order valence-corrected chi connectivity index (χ4v) is 5.04. The second-order valence-corrected chi connectivity index (χ2v) is 9.33. The van der Waals surface area contributed by atoms with Crippen molar-refractivity contribution >= 4 is 38.9 Å². The number of benzene rings is 2. The zero-order valence-electron chi connectivity index (χ0n) is 18.0. The predicted molar refractivity (Wildman–Crippen MR) is 136 cm³/mol. The summed E-state index contributed by atoms with van der Waals surface area (Å²) < 4.78 is 20.6. The maximum Gasteiger partial charge on any atom is 0.174 e. The SMILES string of the molecule is Cc1ccc(N2C(=S)N[C@H](c3ccccn3)[C@@H]2c2ccc(-c3ccc(F)cc3Br)o2)cc1C. The molecule has 0 bridgehead atoms. The van der Waals surface area contributed by atoms with Crippen LogP contribution in [0.4, 0.5) is 10.1 Å². The Labute approximate surface area is 205 Å². The molecule has 2 atom stereocenters. The van der Waals surface area contributed by atoms with Crippen molar-refractivity contribution in [1.82, 2.24) is 10.3 Å². The molecule has 0 radical (unpaired) electrons. The minimum Gasteiger partial charge on any atom is -0.459 e. The van der Waals surface area contributed by atoms with Gasteiger partial charge < -0.3 is 14.6 Å². The van der Waals surface area contributed by atoms with Gasteiger partial charge >= 0.3 is 0 Å². The number of rotatable bonds is 4. The number of hydrogen-bond donors (Lipinski definition) is 1. The van der Waals surface area contributed by atoms with Gasteiger partial charge in [0.2, 0.25) is 0 Å². The first-order valence-corrected chi connectivity index (χ1v) is 11.8. The van der Waals surface area contributed by atoms with Gasteiger partial charge in [0.15, 0.2) is 5.11 Å². The molecule has 3 heterocycles. The van der Waals surface area contributed by atoms with E-state index in [2.05, 4.69) is 63.2 Å². The number of nitrogens with one attached hydrogen (secondary N) is 1. The first-order chi connectivity index (χ1) is 15.9. The van der Waals surface area contributed by atoms with E-state index in [0.717, 1.165) is 22.7 Å². The Bertz CT molecular complexity index is 1340. The normalized spacial score (nSPS) is 17.9. The predicted octanol–water partition coefficient (Wildman–Crippen LogP) is 7.04. The fourth-order valence-electron chi connectivity index (χ4n) is 4.14. The van der Waals surface area contributed by atoms with Crippen molar-refractivity contribution in [2.75, 3.05) is 4.90 Å². The molecule has 0 amide bonds. The van der Waals surface area contributed by atoms with E-state index >= 15 is 0 Å². The lowest BCUT2D eigenvalue weighted by molar-refractivity contribution is 0.439. The third kappa shape index (κ3) is 4.07. The molecule has 1 aliphatic rings. The Morgan fingerprint density at radius 3 is 2.61 bits per heavy atom. The van der Waals surface area contributed by atoms with Crippen LogP contribution in [0, 0.1) is 19.7 Å². The van der Waals surface area contributed by atoms with Crippen LogP contribution in [0.3, 0.4) is 0 Å². The maximum atomic E-state index is 13.6. The van der Waals surface area contributed by atoms with Gasteiger partial charge in [-0.3, -0.25) is 4.98 Å². The summed E-state index contributed by atoms with van der Waals surface area (Å²) in [6.07, 6.45) is 1.78. The third-order valence-electron chi connectivity index (χ3n) is 5.98. The van der Waals surface area contributed by atoms with E-state index in [1.54, 1.807) is 12.3 Å². The van der Waals surface area contributed by atoms with Crippen LogP contribution in [0.25, 0.3) is 11.3 Å². The molecule has 0 aliphatic carbocycles. The van der Waals surface area contributed by atoms with Crippen molar-refractivity contribution in [3.8, 4) is 11.3 Å². The monoisotopic (exact) mass is 521 g/mol. The first-order valence-electron chi connectivity index (χ1n) is 10.6. The molecule has 2 aromatic carbocycles. The maximum absolute atomic E-state index is 13.6. The molecule has 166 valence electrons. The van der Waals surface area contributed by atoms with Crippen LogP contribution in [0.15, 0.2) is 81.8 Å². The van der Waals surface area contributed by atoms with Crippen LogP contribution in [-0.4, -0.2) is 10.1 Å². The van der Waals surface area contributed by atoms with E-state index in [1.165, 1.54) is 23.3 Å². The van der Waals surface area contributed by atoms with Gasteiger partial charge in [-0.1, -0.05) is 12.1 Å². The van der Waals surface area contributed by atoms with Crippen LogP contribution in [0.5, 0.6) is 0 Å². The molecule has 4 nitrogen and oxygen atoms in total. The molecule has 1 N–H and O–H groups in total. The van der Waals surface area contributed by atoms with Gasteiger partial charge in [-0.05, 0) is 108 Å². The Morgan fingerprint density at radius 1 is 1.03 bits per heavy atom. The molecule has 1 fully saturated rings. The van der Waals surface area contributed by atoms with E-state index in [4.69, 9.17) is 16.6 Å². The number of aromatic nitrogens is 1. The van der Waals surface area contributed by atoms with Crippen molar-refractivity contribution in [3.63, 3.8) is 0 Å². The summed E-state index contributed by atoms with van der Waals surface area (Å²) in [4.78, 5) is 6.67. The summed E-state index contributed by atoms with van der Waals surface area (Å²) >= 11 is 9.23. The Balaban J connectivity index is 1.61. The number of hydrogen-bond acceptors (Lipinski definition) is 3. The summed E-state index contributed by atoms with van der Waals surface area (Å²) in [6.45, 7) is 4.18. The molecule has 0 unspecified atom stereocenters. The molecule has 33 heavy (non-hydrogen) atoms. The van der Waals surface area contributed by atoms with Gasteiger partial charge in [0.25, 0.3) is 0 Å². The molecular weight excluding hydrogens is 501 g/mol. The van der Waals surface area contributed by atoms with Gasteiger partial charge in [-0.2, -0.15) is 0 Å². The number of furan rings is 1. The van der Waals surface area contributed by atoms with Crippen molar-refractivity contribution < 1.29 is 8.81 Å². The quantitative estimate of drug-likeness (QED) is 0.291. The average molecular weight is 522 g/mol. The van der Waals surface area contributed by atoms with Crippen LogP contribution in [-0.2, 0) is 0 Å². The highest BCUT2D eigenvalue weighted by Gasteiger charge is 2.42. The number of halogens is 2. The lowest BCUT2D eigenvalue weighted by atomic mass is 10.0. The summed E-state index contributed by atoms with van der Waals surface area (Å²) in [6, 6.07) is 20.1. The topological polar surface area (TPSA) is 41.3 Å². The molecule has 1 saturated heterocycles. The van der Waals surface area contributed by atoms with Crippen molar-refractivity contribution in [2.24, 2.45) is 0 Å². The third-order valence-corrected chi connectivity index (χ3v) is 6.95. The molecule has 0 saturated carbocycles. The van der Waals surface area contributed by atoms with E-state index in [-0.39, 0.29) is 17.9 Å². The number of nitrogens with zero attached hydrogens (tertiary/aromatic N) is 2. The van der Waals surface area contributed by atoms with Gasteiger partial charge in [-0.25, -0.2) is 4.39 Å². The highest BCUT2D eigenvalue weighted by molar-refractivity contribution is 9.10. The largest absolute Gasteiger partial charge is 0.459 e. The van der Waals surface area contributed by atoms with E-state index < -0.39 is 0 Å². The summed E-state index contributed by atoms with van der Waals surface area (Å²) in [7, 11) is 0. The van der Waals surface area contributed by atoms with E-state index in [1.807, 2.05) is 30.3 Å². The lowest BCUT2D eigenvalue weighted by Gasteiger charge is -2.26. The highest BCUT2D eigenvalue weighted by atomic mass is 79.9. The second-order valence-electron chi connectivity index (χ2n) is 8.09. The smallest absolute Gasteiger partial charge is 0.174 e. The van der Waals surface area contributed by atoms with E-state index in [0.29, 0.717) is 15.3 Å². The number of aryl methyl sites for hydroxylation is 2. The summed E-state index contributed by atoms with van der Waals surface area (Å²) in [5.41, 5.74) is 5.04. The van der Waals surface area contributed by atoms with Crippen LogP contribution in [0.2, 0.25) is 0 Å². The average Bonchev–Trinajstić information content (AvgIpc) is 3.41.